The van der Waals surface area contributed by atoms with Crippen molar-refractivity contribution < 1.29 is 9.31 Å². The molecule has 150 valence electrons. The Morgan fingerprint density at radius 2 is 1.81 bits per heavy atom. The molecule has 2 aliphatic rings. The van der Waals surface area contributed by atoms with Gasteiger partial charge < -0.3 is 19.9 Å². The average molecular weight is 375 g/mol. The highest BCUT2D eigenvalue weighted by Gasteiger charge is 2.52. The van der Waals surface area contributed by atoms with Crippen LogP contribution in [0.1, 0.15) is 47.0 Å². The Hall–Kier alpha value is -1.22. The van der Waals surface area contributed by atoms with Gasteiger partial charge in [-0.1, -0.05) is 6.42 Å². The van der Waals surface area contributed by atoms with Gasteiger partial charge in [0.1, 0.15) is 0 Å². The highest BCUT2D eigenvalue weighted by molar-refractivity contribution is 6.61. The lowest BCUT2D eigenvalue weighted by Crippen LogP contribution is -2.48. The molecule has 0 unspecified atom stereocenters. The van der Waals surface area contributed by atoms with E-state index in [0.29, 0.717) is 12.6 Å². The van der Waals surface area contributed by atoms with Crippen molar-refractivity contribution in [2.45, 2.75) is 64.2 Å². The van der Waals surface area contributed by atoms with Crippen molar-refractivity contribution in [2.75, 3.05) is 38.1 Å². The summed E-state index contributed by atoms with van der Waals surface area (Å²) in [6, 6.07) is 0.513. The molecule has 1 aromatic rings. The van der Waals surface area contributed by atoms with Gasteiger partial charge in [-0.05, 0) is 47.1 Å². The van der Waals surface area contributed by atoms with E-state index in [0.717, 1.165) is 31.0 Å². The van der Waals surface area contributed by atoms with Crippen LogP contribution in [0.5, 0.6) is 0 Å². The zero-order valence-electron chi connectivity index (χ0n) is 17.4. The summed E-state index contributed by atoms with van der Waals surface area (Å²) in [5.74, 6) is 0.730. The van der Waals surface area contributed by atoms with Crippen molar-refractivity contribution in [1.29, 1.82) is 0 Å². The fourth-order valence-corrected chi connectivity index (χ4v) is 3.75. The fourth-order valence-electron chi connectivity index (χ4n) is 3.75. The molecule has 2 fully saturated rings. The monoisotopic (exact) mass is 375 g/mol. The van der Waals surface area contributed by atoms with Crippen molar-refractivity contribution >= 4 is 18.5 Å². The van der Waals surface area contributed by atoms with Crippen molar-refractivity contribution in [2.24, 2.45) is 5.73 Å². The summed E-state index contributed by atoms with van der Waals surface area (Å²) >= 11 is 0. The van der Waals surface area contributed by atoms with Crippen LogP contribution in [0.15, 0.2) is 12.4 Å². The minimum Gasteiger partial charge on any atom is -0.399 e. The number of hydrogen-bond donors (Lipinski definition) is 1. The molecule has 8 heteroatoms. The second-order valence-electron chi connectivity index (χ2n) is 8.76. The Morgan fingerprint density at radius 3 is 2.41 bits per heavy atom. The maximum atomic E-state index is 6.08. The van der Waals surface area contributed by atoms with Crippen LogP contribution in [0, 0.1) is 0 Å². The third kappa shape index (κ3) is 4.45. The van der Waals surface area contributed by atoms with E-state index in [-0.39, 0.29) is 11.2 Å². The largest absolute Gasteiger partial charge is 0.498 e. The summed E-state index contributed by atoms with van der Waals surface area (Å²) in [5, 5.41) is 0. The lowest BCUT2D eigenvalue weighted by Gasteiger charge is -2.37. The minimum absolute atomic E-state index is 0.361. The molecule has 0 aliphatic carbocycles. The molecule has 0 aromatic carbocycles. The van der Waals surface area contributed by atoms with Crippen LogP contribution >= 0.6 is 0 Å². The minimum atomic E-state index is -0.423. The van der Waals surface area contributed by atoms with Crippen LogP contribution in [0.3, 0.4) is 0 Å². The third-order valence-electron chi connectivity index (χ3n) is 6.18. The van der Waals surface area contributed by atoms with Gasteiger partial charge in [0.25, 0.3) is 0 Å². The fraction of sp³-hybridized carbons (Fsp3) is 0.789. The molecular weight excluding hydrogens is 341 g/mol. The van der Waals surface area contributed by atoms with Crippen LogP contribution in [0.2, 0.25) is 0 Å². The van der Waals surface area contributed by atoms with Gasteiger partial charge in [0.15, 0.2) is 0 Å². The third-order valence-corrected chi connectivity index (χ3v) is 6.18. The highest BCUT2D eigenvalue weighted by atomic mass is 16.7. The van der Waals surface area contributed by atoms with Crippen molar-refractivity contribution in [1.82, 2.24) is 14.9 Å². The Balaban J connectivity index is 1.63. The van der Waals surface area contributed by atoms with Crippen LogP contribution < -0.4 is 16.1 Å². The Labute approximate surface area is 163 Å². The molecule has 1 aromatic heterocycles. The van der Waals surface area contributed by atoms with Crippen molar-refractivity contribution in [3.05, 3.63) is 12.4 Å². The van der Waals surface area contributed by atoms with E-state index in [1.807, 2.05) is 40.1 Å². The van der Waals surface area contributed by atoms with Gasteiger partial charge in [0, 0.05) is 50.6 Å². The van der Waals surface area contributed by atoms with Gasteiger partial charge >= 0.3 is 7.12 Å². The number of likely N-dealkylation sites (N-methyl/N-ethyl adjacent to an activating group) is 1. The van der Waals surface area contributed by atoms with Crippen molar-refractivity contribution in [3.63, 3.8) is 0 Å². The Bertz CT molecular complexity index is 607. The van der Waals surface area contributed by atoms with Crippen LogP contribution in [0.4, 0.5) is 5.95 Å². The molecule has 0 amide bonds. The molecule has 2 saturated heterocycles. The number of rotatable bonds is 6. The second-order valence-corrected chi connectivity index (χ2v) is 8.76. The van der Waals surface area contributed by atoms with E-state index in [4.69, 9.17) is 15.0 Å². The van der Waals surface area contributed by atoms with Crippen LogP contribution in [0.25, 0.3) is 0 Å². The topological polar surface area (TPSA) is 76.7 Å². The quantitative estimate of drug-likeness (QED) is 0.744. The van der Waals surface area contributed by atoms with Gasteiger partial charge in [-0.3, -0.25) is 4.90 Å². The van der Waals surface area contributed by atoms with E-state index < -0.39 is 7.12 Å². The van der Waals surface area contributed by atoms with E-state index in [9.17, 15) is 0 Å². The van der Waals surface area contributed by atoms with Gasteiger partial charge in [0.05, 0.1) is 11.2 Å². The first-order valence-corrected chi connectivity index (χ1v) is 10.1. The number of nitrogens with two attached hydrogens (primary N) is 1. The lowest BCUT2D eigenvalue weighted by molar-refractivity contribution is 0.00578. The smallest absolute Gasteiger partial charge is 0.399 e. The Kier molecular flexibility index (Phi) is 6.10. The number of piperidine rings is 1. The first-order valence-electron chi connectivity index (χ1n) is 10.1. The average Bonchev–Trinajstić information content (AvgIpc) is 2.84. The molecule has 0 bridgehead atoms. The van der Waals surface area contributed by atoms with E-state index in [1.165, 1.54) is 19.3 Å². The Morgan fingerprint density at radius 1 is 1.19 bits per heavy atom. The number of hydrogen-bond acceptors (Lipinski definition) is 7. The molecule has 7 nitrogen and oxygen atoms in total. The van der Waals surface area contributed by atoms with E-state index >= 15 is 0 Å². The van der Waals surface area contributed by atoms with Gasteiger partial charge in [0.2, 0.25) is 5.95 Å². The molecule has 27 heavy (non-hydrogen) atoms. The maximum Gasteiger partial charge on any atom is 0.498 e. The summed E-state index contributed by atoms with van der Waals surface area (Å²) in [6.45, 7) is 11.9. The summed E-state index contributed by atoms with van der Waals surface area (Å²) in [4.78, 5) is 13.8. The van der Waals surface area contributed by atoms with Gasteiger partial charge in [-0.15, -0.1) is 0 Å². The van der Waals surface area contributed by atoms with E-state index in [2.05, 4.69) is 26.8 Å². The zero-order valence-corrected chi connectivity index (χ0v) is 17.4. The molecule has 0 radical (unpaired) electrons. The maximum absolute atomic E-state index is 6.08. The lowest BCUT2D eigenvalue weighted by atomic mass is 9.81. The summed E-state index contributed by atoms with van der Waals surface area (Å²) in [7, 11) is 1.63. The molecule has 1 atom stereocenters. The summed E-state index contributed by atoms with van der Waals surface area (Å²) in [6.07, 6.45) is 7.39. The van der Waals surface area contributed by atoms with Crippen LogP contribution in [-0.2, 0) is 9.31 Å². The number of nitrogens with zero attached hydrogens (tertiary/aromatic N) is 4. The van der Waals surface area contributed by atoms with Gasteiger partial charge in [-0.25, -0.2) is 9.97 Å². The molecule has 3 heterocycles. The molecule has 0 spiro atoms. The zero-order chi connectivity index (χ0) is 19.7. The first-order chi connectivity index (χ1) is 12.7. The SMILES string of the molecule is CN(C[C@H]1CCCCN1CCN)c1ncc(B2OC(C)(C)C(C)(C)O2)cn1. The first kappa shape index (κ1) is 20.5. The number of aromatic nitrogens is 2. The molecule has 0 saturated carbocycles. The van der Waals surface area contributed by atoms with E-state index in [1.54, 1.807) is 0 Å². The second kappa shape index (κ2) is 8.03. The number of likely N-dealkylation sites (tertiary alicyclic amines) is 1. The molecule has 2 N–H and O–H groups in total. The normalized spacial score (nSPS) is 25.0. The summed E-state index contributed by atoms with van der Waals surface area (Å²) < 4.78 is 12.2. The predicted octanol–water partition coefficient (Wildman–Crippen LogP) is 1.03. The summed E-state index contributed by atoms with van der Waals surface area (Å²) in [5.41, 5.74) is 5.91. The van der Waals surface area contributed by atoms with Crippen LogP contribution in [-0.4, -0.2) is 72.5 Å². The predicted molar refractivity (Wildman–Crippen MR) is 109 cm³/mol. The molecule has 2 aliphatic heterocycles. The number of anilines is 1. The molecular formula is C19H34BN5O2. The van der Waals surface area contributed by atoms with Gasteiger partial charge in [-0.2, -0.15) is 0 Å². The highest BCUT2D eigenvalue weighted by Crippen LogP contribution is 2.36. The molecule has 3 rings (SSSR count). The standard InChI is InChI=1S/C19H34BN5O2/c1-18(2)19(3,4)27-20(26-18)15-12-22-17(23-13-15)24(5)14-16-8-6-7-10-25(16)11-9-21/h12-13,16H,6-11,14,21H2,1-5H3/t16-/m1/s1. The van der Waals surface area contributed by atoms with Crippen molar-refractivity contribution in [3.8, 4) is 0 Å².